The van der Waals surface area contributed by atoms with Gasteiger partial charge < -0.3 is 19.3 Å². The highest BCUT2D eigenvalue weighted by Crippen LogP contribution is 2.42. The number of hydrogen-bond donors (Lipinski definition) is 2. The van der Waals surface area contributed by atoms with E-state index in [1.807, 2.05) is 18.2 Å². The Hall–Kier alpha value is -2.13. The van der Waals surface area contributed by atoms with E-state index in [0.29, 0.717) is 5.75 Å². The van der Waals surface area contributed by atoms with E-state index in [4.69, 9.17) is 25.8 Å². The van der Waals surface area contributed by atoms with Gasteiger partial charge in [0.05, 0.1) is 6.61 Å². The molecule has 2 N–H and O–H groups in total. The number of nitrogens with one attached hydrogen (secondary N) is 1. The summed E-state index contributed by atoms with van der Waals surface area (Å²) in [6.45, 7) is 1.55. The van der Waals surface area contributed by atoms with Crippen molar-refractivity contribution >= 4 is 11.6 Å². The SMILES string of the molecule is C[C@@]1(Cl)[C@H](O)[C@@H](COCOc2ccccc2)O[C@H]1n1ccc(=O)[nH]c1=O. The number of nitrogens with zero attached hydrogens (tertiary/aromatic N) is 1. The molecule has 0 bridgehead atoms. The van der Waals surface area contributed by atoms with Gasteiger partial charge in [0, 0.05) is 12.3 Å². The molecule has 1 aromatic heterocycles. The lowest BCUT2D eigenvalue weighted by atomic mass is 10.0. The molecule has 1 aliphatic rings. The Morgan fingerprint density at radius 2 is 2.04 bits per heavy atom. The molecule has 140 valence electrons. The second-order valence-corrected chi connectivity index (χ2v) is 6.90. The molecular weight excluding hydrogens is 364 g/mol. The number of aromatic nitrogens is 2. The molecule has 0 spiro atoms. The van der Waals surface area contributed by atoms with Gasteiger partial charge in [-0.25, -0.2) is 4.79 Å². The Morgan fingerprint density at radius 3 is 2.73 bits per heavy atom. The maximum Gasteiger partial charge on any atom is 0.330 e. The number of alkyl halides is 1. The van der Waals surface area contributed by atoms with E-state index < -0.39 is 34.6 Å². The van der Waals surface area contributed by atoms with E-state index in [1.165, 1.54) is 12.3 Å². The Kier molecular flexibility index (Phi) is 5.47. The topological polar surface area (TPSA) is 103 Å². The number of aromatic amines is 1. The van der Waals surface area contributed by atoms with E-state index >= 15 is 0 Å². The Morgan fingerprint density at radius 1 is 1.31 bits per heavy atom. The zero-order chi connectivity index (χ0) is 18.7. The summed E-state index contributed by atoms with van der Waals surface area (Å²) in [5.74, 6) is 0.653. The summed E-state index contributed by atoms with van der Waals surface area (Å²) < 4.78 is 17.7. The number of benzene rings is 1. The molecule has 0 unspecified atom stereocenters. The number of halogens is 1. The number of ether oxygens (including phenoxy) is 3. The van der Waals surface area contributed by atoms with E-state index in [-0.39, 0.29) is 13.4 Å². The number of aliphatic hydroxyl groups excluding tert-OH is 1. The first-order valence-electron chi connectivity index (χ1n) is 7.99. The van der Waals surface area contributed by atoms with Crippen molar-refractivity contribution in [3.8, 4) is 5.75 Å². The van der Waals surface area contributed by atoms with Gasteiger partial charge in [-0.3, -0.25) is 14.3 Å². The lowest BCUT2D eigenvalue weighted by molar-refractivity contribution is -0.0869. The van der Waals surface area contributed by atoms with Crippen LogP contribution < -0.4 is 16.0 Å². The zero-order valence-electron chi connectivity index (χ0n) is 14.0. The number of aliphatic hydroxyl groups is 1. The minimum absolute atomic E-state index is 0.0188. The van der Waals surface area contributed by atoms with Gasteiger partial charge in [0.25, 0.3) is 5.56 Å². The first-order chi connectivity index (χ1) is 12.4. The van der Waals surface area contributed by atoms with Gasteiger partial charge in [-0.05, 0) is 19.1 Å². The Balaban J connectivity index is 1.63. The van der Waals surface area contributed by atoms with Crippen LogP contribution in [0.25, 0.3) is 0 Å². The van der Waals surface area contributed by atoms with E-state index in [9.17, 15) is 14.7 Å². The third-order valence-corrected chi connectivity index (χ3v) is 4.57. The molecule has 8 nitrogen and oxygen atoms in total. The molecule has 1 fully saturated rings. The van der Waals surface area contributed by atoms with Crippen LogP contribution >= 0.6 is 11.6 Å². The molecule has 0 aliphatic carbocycles. The molecule has 4 atom stereocenters. The van der Waals surface area contributed by atoms with Crippen LogP contribution in [0.5, 0.6) is 5.75 Å². The average molecular weight is 383 g/mol. The van der Waals surface area contributed by atoms with Crippen molar-refractivity contribution in [2.45, 2.75) is 30.2 Å². The lowest BCUT2D eigenvalue weighted by Gasteiger charge is -2.26. The second-order valence-electron chi connectivity index (χ2n) is 6.09. The highest BCUT2D eigenvalue weighted by atomic mass is 35.5. The van der Waals surface area contributed by atoms with Crippen LogP contribution in [0.1, 0.15) is 13.2 Å². The monoisotopic (exact) mass is 382 g/mol. The summed E-state index contributed by atoms with van der Waals surface area (Å²) in [7, 11) is 0. The van der Waals surface area contributed by atoms with Crippen molar-refractivity contribution in [3.05, 3.63) is 63.4 Å². The summed E-state index contributed by atoms with van der Waals surface area (Å²) >= 11 is 6.42. The molecule has 1 saturated heterocycles. The van der Waals surface area contributed by atoms with Crippen LogP contribution in [-0.2, 0) is 9.47 Å². The molecule has 0 radical (unpaired) electrons. The third-order valence-electron chi connectivity index (χ3n) is 4.16. The van der Waals surface area contributed by atoms with Gasteiger partial charge in [-0.2, -0.15) is 0 Å². The van der Waals surface area contributed by atoms with Crippen molar-refractivity contribution in [1.82, 2.24) is 9.55 Å². The molecule has 1 aromatic carbocycles. The van der Waals surface area contributed by atoms with Crippen LogP contribution in [-0.4, -0.2) is 45.1 Å². The molecule has 0 amide bonds. The van der Waals surface area contributed by atoms with Crippen LogP contribution in [0.3, 0.4) is 0 Å². The van der Waals surface area contributed by atoms with Crippen molar-refractivity contribution in [3.63, 3.8) is 0 Å². The van der Waals surface area contributed by atoms with E-state index in [2.05, 4.69) is 4.98 Å². The number of H-pyrrole nitrogens is 1. The normalized spacial score (nSPS) is 28.2. The highest BCUT2D eigenvalue weighted by molar-refractivity contribution is 6.24. The van der Waals surface area contributed by atoms with Crippen LogP contribution in [0.2, 0.25) is 0 Å². The molecule has 9 heteroatoms. The first kappa shape index (κ1) is 18.7. The predicted molar refractivity (Wildman–Crippen MR) is 93.4 cm³/mol. The fraction of sp³-hybridized carbons (Fsp3) is 0.412. The molecule has 2 aromatic rings. The van der Waals surface area contributed by atoms with E-state index in [1.54, 1.807) is 19.1 Å². The fourth-order valence-corrected chi connectivity index (χ4v) is 3.05. The second kappa shape index (κ2) is 7.63. The summed E-state index contributed by atoms with van der Waals surface area (Å²) in [5.41, 5.74) is -1.20. The first-order valence-corrected chi connectivity index (χ1v) is 8.37. The fourth-order valence-electron chi connectivity index (χ4n) is 2.75. The number of rotatable bonds is 6. The minimum atomic E-state index is -1.28. The standard InChI is InChI=1S/C17H19ClN2O6/c1-17(18)14(22)12(9-24-10-25-11-5-3-2-4-6-11)26-15(17)20-8-7-13(21)19-16(20)23/h2-8,12,14-15,22H,9-10H2,1H3,(H,19,21,23)/t12-,14-,15-,17-/m1/s1. The van der Waals surface area contributed by atoms with Crippen molar-refractivity contribution < 1.29 is 19.3 Å². The van der Waals surface area contributed by atoms with Crippen molar-refractivity contribution in [1.29, 1.82) is 0 Å². The Bertz CT molecular complexity index is 850. The zero-order valence-corrected chi connectivity index (χ0v) is 14.8. The van der Waals surface area contributed by atoms with Crippen LogP contribution in [0.15, 0.2) is 52.2 Å². The van der Waals surface area contributed by atoms with Crippen LogP contribution in [0.4, 0.5) is 0 Å². The summed E-state index contributed by atoms with van der Waals surface area (Å²) in [6.07, 6.45) is -1.54. The minimum Gasteiger partial charge on any atom is -0.468 e. The molecule has 0 saturated carbocycles. The van der Waals surface area contributed by atoms with Crippen LogP contribution in [0, 0.1) is 0 Å². The van der Waals surface area contributed by atoms with Gasteiger partial charge in [0.1, 0.15) is 22.8 Å². The summed E-state index contributed by atoms with van der Waals surface area (Å²) in [6, 6.07) is 10.3. The smallest absolute Gasteiger partial charge is 0.330 e. The number of hydrogen-bond acceptors (Lipinski definition) is 6. The Labute approximate surface area is 153 Å². The highest BCUT2D eigenvalue weighted by Gasteiger charge is 2.53. The van der Waals surface area contributed by atoms with Gasteiger partial charge in [0.15, 0.2) is 13.0 Å². The van der Waals surface area contributed by atoms with E-state index in [0.717, 1.165) is 4.57 Å². The number of para-hydroxylation sites is 1. The lowest BCUT2D eigenvalue weighted by Crippen LogP contribution is -2.43. The summed E-state index contributed by atoms with van der Waals surface area (Å²) in [4.78, 5) is 24.0. The van der Waals surface area contributed by atoms with Gasteiger partial charge in [-0.15, -0.1) is 11.6 Å². The predicted octanol–water partition coefficient (Wildman–Crippen LogP) is 0.845. The maximum absolute atomic E-state index is 12.0. The molecule has 2 heterocycles. The van der Waals surface area contributed by atoms with Gasteiger partial charge in [0.2, 0.25) is 0 Å². The molecular formula is C17H19ClN2O6. The average Bonchev–Trinajstić information content (AvgIpc) is 2.83. The maximum atomic E-state index is 12.0. The van der Waals surface area contributed by atoms with Crippen molar-refractivity contribution in [2.24, 2.45) is 0 Å². The third kappa shape index (κ3) is 3.83. The quantitative estimate of drug-likeness (QED) is 0.436. The largest absolute Gasteiger partial charge is 0.468 e. The molecule has 26 heavy (non-hydrogen) atoms. The van der Waals surface area contributed by atoms with Crippen molar-refractivity contribution in [2.75, 3.05) is 13.4 Å². The molecule has 1 aliphatic heterocycles. The molecule has 3 rings (SSSR count). The summed E-state index contributed by atoms with van der Waals surface area (Å²) in [5, 5.41) is 10.4. The van der Waals surface area contributed by atoms with Gasteiger partial charge >= 0.3 is 5.69 Å². The van der Waals surface area contributed by atoms with Gasteiger partial charge in [-0.1, -0.05) is 18.2 Å².